The van der Waals surface area contributed by atoms with Gasteiger partial charge in [0.15, 0.2) is 0 Å². The number of rotatable bonds is 4. The molecule has 5 heteroatoms. The van der Waals surface area contributed by atoms with Crippen molar-refractivity contribution in [3.8, 4) is 5.75 Å². The summed E-state index contributed by atoms with van der Waals surface area (Å²) in [6.45, 7) is 0.497. The molecule has 112 valence electrons. The number of ether oxygens (including phenoxy) is 1. The molecule has 4 nitrogen and oxygen atoms in total. The summed E-state index contributed by atoms with van der Waals surface area (Å²) in [6, 6.07) is 14.9. The minimum absolute atomic E-state index is 0.144. The largest absolute Gasteiger partial charge is 0.497 e. The van der Waals surface area contributed by atoms with E-state index in [1.54, 1.807) is 13.2 Å². The van der Waals surface area contributed by atoms with Gasteiger partial charge in [-0.1, -0.05) is 41.9 Å². The van der Waals surface area contributed by atoms with Gasteiger partial charge in [-0.2, -0.15) is 0 Å². The molecular weight excluding hydrogens is 302 g/mol. The Hall–Kier alpha value is -2.46. The van der Waals surface area contributed by atoms with Crippen LogP contribution in [0.25, 0.3) is 10.9 Å². The van der Waals surface area contributed by atoms with Gasteiger partial charge in [-0.25, -0.2) is 4.79 Å². The lowest BCUT2D eigenvalue weighted by Gasteiger charge is -2.08. The average Bonchev–Trinajstić information content (AvgIpc) is 2.81. The number of nitrogens with zero attached hydrogens (tertiary/aromatic N) is 1. The van der Waals surface area contributed by atoms with E-state index < -0.39 is 5.97 Å². The van der Waals surface area contributed by atoms with Crippen molar-refractivity contribution in [3.05, 3.63) is 64.8 Å². The average molecular weight is 316 g/mol. The number of benzene rings is 2. The van der Waals surface area contributed by atoms with E-state index in [0.29, 0.717) is 11.9 Å². The fraction of sp³-hybridized carbons (Fsp3) is 0.118. The fourth-order valence-corrected chi connectivity index (χ4v) is 2.88. The second kappa shape index (κ2) is 5.73. The lowest BCUT2D eigenvalue weighted by atomic mass is 10.2. The number of aromatic carboxylic acids is 1. The second-order valence-corrected chi connectivity index (χ2v) is 5.28. The van der Waals surface area contributed by atoms with Crippen LogP contribution in [0.3, 0.4) is 0 Å². The van der Waals surface area contributed by atoms with E-state index in [2.05, 4.69) is 0 Å². The van der Waals surface area contributed by atoms with Crippen molar-refractivity contribution in [2.24, 2.45) is 0 Å². The first-order chi connectivity index (χ1) is 10.6. The summed E-state index contributed by atoms with van der Waals surface area (Å²) in [7, 11) is 1.62. The minimum atomic E-state index is -1.02. The topological polar surface area (TPSA) is 51.5 Å². The van der Waals surface area contributed by atoms with Crippen molar-refractivity contribution in [2.45, 2.75) is 6.54 Å². The third kappa shape index (κ3) is 2.42. The van der Waals surface area contributed by atoms with Crippen LogP contribution >= 0.6 is 11.6 Å². The quantitative estimate of drug-likeness (QED) is 0.790. The van der Waals surface area contributed by atoms with Gasteiger partial charge in [-0.15, -0.1) is 0 Å². The van der Waals surface area contributed by atoms with Crippen LogP contribution in [0.15, 0.2) is 48.5 Å². The lowest BCUT2D eigenvalue weighted by molar-refractivity contribution is 0.0699. The molecule has 2 aromatic carbocycles. The molecule has 0 fully saturated rings. The van der Waals surface area contributed by atoms with E-state index in [0.717, 1.165) is 16.8 Å². The predicted molar refractivity (Wildman–Crippen MR) is 86.0 cm³/mol. The Morgan fingerprint density at radius 3 is 2.50 bits per heavy atom. The summed E-state index contributed by atoms with van der Waals surface area (Å²) in [6.07, 6.45) is 0. The maximum Gasteiger partial charge on any atom is 0.339 e. The zero-order valence-corrected chi connectivity index (χ0v) is 12.7. The number of halogens is 1. The third-order valence-corrected chi connectivity index (χ3v) is 4.01. The Bertz CT molecular complexity index is 837. The van der Waals surface area contributed by atoms with Crippen LogP contribution in [0.5, 0.6) is 5.75 Å². The Labute approximate surface area is 132 Å². The molecule has 1 aromatic heterocycles. The van der Waals surface area contributed by atoms with Crippen LogP contribution in [0.1, 0.15) is 15.9 Å². The number of methoxy groups -OCH3 is 1. The number of hydrogen-bond acceptors (Lipinski definition) is 2. The Morgan fingerprint density at radius 1 is 1.18 bits per heavy atom. The summed E-state index contributed by atoms with van der Waals surface area (Å²) in [4.78, 5) is 11.5. The summed E-state index contributed by atoms with van der Waals surface area (Å²) in [5.41, 5.74) is 1.96. The highest BCUT2D eigenvalue weighted by Gasteiger charge is 2.20. The van der Waals surface area contributed by atoms with E-state index in [9.17, 15) is 9.90 Å². The molecule has 3 aromatic rings. The number of aromatic nitrogens is 1. The SMILES string of the molecule is COc1ccc(Cn2c(Cl)c(C(=O)O)c3ccccc32)cc1. The van der Waals surface area contributed by atoms with Crippen molar-refractivity contribution < 1.29 is 14.6 Å². The highest BCUT2D eigenvalue weighted by atomic mass is 35.5. The summed E-state index contributed by atoms with van der Waals surface area (Å²) in [5.74, 6) is -0.242. The molecular formula is C17H14ClNO3. The van der Waals surface area contributed by atoms with Crippen molar-refractivity contribution in [2.75, 3.05) is 7.11 Å². The minimum Gasteiger partial charge on any atom is -0.497 e. The highest BCUT2D eigenvalue weighted by molar-refractivity contribution is 6.35. The number of hydrogen-bond donors (Lipinski definition) is 1. The standard InChI is InChI=1S/C17H14ClNO3/c1-22-12-8-6-11(7-9-12)10-19-14-5-3-2-4-13(14)15(16(19)18)17(20)21/h2-9H,10H2,1H3,(H,20,21). The number of para-hydroxylation sites is 1. The second-order valence-electron chi connectivity index (χ2n) is 4.92. The first-order valence-corrected chi connectivity index (χ1v) is 7.12. The molecule has 0 saturated heterocycles. The molecule has 1 N–H and O–H groups in total. The van der Waals surface area contributed by atoms with E-state index in [4.69, 9.17) is 16.3 Å². The molecule has 0 aliphatic heterocycles. The predicted octanol–water partition coefficient (Wildman–Crippen LogP) is 4.05. The number of carbonyl (C=O) groups is 1. The normalized spacial score (nSPS) is 10.8. The lowest BCUT2D eigenvalue weighted by Crippen LogP contribution is -2.01. The van der Waals surface area contributed by atoms with Crippen LogP contribution in [0.2, 0.25) is 5.15 Å². The van der Waals surface area contributed by atoms with Crippen molar-refractivity contribution in [1.29, 1.82) is 0 Å². The third-order valence-electron chi connectivity index (χ3n) is 3.62. The van der Waals surface area contributed by atoms with Gasteiger partial charge in [0.25, 0.3) is 0 Å². The van der Waals surface area contributed by atoms with Gasteiger partial charge in [0.2, 0.25) is 0 Å². The van der Waals surface area contributed by atoms with Gasteiger partial charge < -0.3 is 14.4 Å². The molecule has 0 spiro atoms. The molecule has 0 atom stereocenters. The maximum atomic E-state index is 11.5. The fourth-order valence-electron chi connectivity index (χ4n) is 2.54. The molecule has 22 heavy (non-hydrogen) atoms. The van der Waals surface area contributed by atoms with E-state index in [1.165, 1.54) is 0 Å². The van der Waals surface area contributed by atoms with Gasteiger partial charge in [-0.05, 0) is 23.8 Å². The van der Waals surface area contributed by atoms with Crippen LogP contribution in [0, 0.1) is 0 Å². The molecule has 0 bridgehead atoms. The number of carboxylic acids is 1. The first-order valence-electron chi connectivity index (χ1n) is 6.74. The zero-order valence-electron chi connectivity index (χ0n) is 11.9. The van der Waals surface area contributed by atoms with Gasteiger partial charge in [-0.3, -0.25) is 0 Å². The van der Waals surface area contributed by atoms with E-state index in [-0.39, 0.29) is 10.7 Å². The van der Waals surface area contributed by atoms with E-state index >= 15 is 0 Å². The summed E-state index contributed by atoms with van der Waals surface area (Å²) < 4.78 is 6.95. The Morgan fingerprint density at radius 2 is 1.86 bits per heavy atom. The molecule has 0 unspecified atom stereocenters. The van der Waals surface area contributed by atoms with Crippen molar-refractivity contribution >= 4 is 28.5 Å². The van der Waals surface area contributed by atoms with Crippen LogP contribution in [-0.2, 0) is 6.54 Å². The smallest absolute Gasteiger partial charge is 0.339 e. The molecule has 0 aliphatic carbocycles. The maximum absolute atomic E-state index is 11.5. The van der Waals surface area contributed by atoms with Gasteiger partial charge >= 0.3 is 5.97 Å². The molecule has 3 rings (SSSR count). The number of carboxylic acid groups (broad SMARTS) is 1. The van der Waals surface area contributed by atoms with Crippen molar-refractivity contribution in [1.82, 2.24) is 4.57 Å². The Balaban J connectivity index is 2.10. The van der Waals surface area contributed by atoms with E-state index in [1.807, 2.05) is 47.0 Å². The molecule has 0 amide bonds. The first kappa shape index (κ1) is 14.5. The monoisotopic (exact) mass is 315 g/mol. The van der Waals surface area contributed by atoms with Crippen LogP contribution < -0.4 is 4.74 Å². The van der Waals surface area contributed by atoms with Gasteiger partial charge in [0.05, 0.1) is 12.6 Å². The van der Waals surface area contributed by atoms with Crippen molar-refractivity contribution in [3.63, 3.8) is 0 Å². The van der Waals surface area contributed by atoms with Gasteiger partial charge in [0.1, 0.15) is 16.5 Å². The highest BCUT2D eigenvalue weighted by Crippen LogP contribution is 2.31. The van der Waals surface area contributed by atoms with Crippen LogP contribution in [0.4, 0.5) is 0 Å². The molecule has 0 saturated carbocycles. The zero-order chi connectivity index (χ0) is 15.7. The molecule has 1 heterocycles. The Kier molecular flexibility index (Phi) is 3.77. The molecule has 0 radical (unpaired) electrons. The molecule has 0 aliphatic rings. The summed E-state index contributed by atoms with van der Waals surface area (Å²) >= 11 is 6.31. The number of fused-ring (bicyclic) bond motifs is 1. The van der Waals surface area contributed by atoms with Gasteiger partial charge in [0, 0.05) is 11.9 Å². The summed E-state index contributed by atoms with van der Waals surface area (Å²) in [5, 5.41) is 10.3. The van der Waals surface area contributed by atoms with Crippen LogP contribution in [-0.4, -0.2) is 22.8 Å².